The highest BCUT2D eigenvalue weighted by Gasteiger charge is 2.13. The molecule has 2 amide bonds. The second-order valence-corrected chi connectivity index (χ2v) is 4.30. The number of carbonyl (C=O) groups is 2. The van der Waals surface area contributed by atoms with Gasteiger partial charge in [-0.15, -0.1) is 11.8 Å². The molecule has 0 saturated carbocycles. The van der Waals surface area contributed by atoms with Crippen LogP contribution in [0.15, 0.2) is 29.2 Å². The Bertz CT molecular complexity index is 439. The molecule has 0 aliphatic carbocycles. The van der Waals surface area contributed by atoms with Gasteiger partial charge in [0.1, 0.15) is 0 Å². The SMILES string of the molecule is CSc1cccc(NC(=O)NC[C@H](O)C(=O)O)c1. The van der Waals surface area contributed by atoms with Crippen molar-refractivity contribution in [2.24, 2.45) is 0 Å². The number of carboxylic acid groups (broad SMARTS) is 1. The third-order valence-electron chi connectivity index (χ3n) is 2.07. The summed E-state index contributed by atoms with van der Waals surface area (Å²) in [6.07, 6.45) is 0.316. The summed E-state index contributed by atoms with van der Waals surface area (Å²) in [4.78, 5) is 22.7. The lowest BCUT2D eigenvalue weighted by atomic mass is 10.3. The van der Waals surface area contributed by atoms with E-state index >= 15 is 0 Å². The summed E-state index contributed by atoms with van der Waals surface area (Å²) in [6.45, 7) is -0.344. The summed E-state index contributed by atoms with van der Waals surface area (Å²) in [6, 6.07) is 6.65. The molecule has 0 aromatic heterocycles. The van der Waals surface area contributed by atoms with E-state index in [2.05, 4.69) is 10.6 Å². The molecule has 1 rings (SSSR count). The van der Waals surface area contributed by atoms with Gasteiger partial charge in [0.05, 0.1) is 6.54 Å². The van der Waals surface area contributed by atoms with Gasteiger partial charge in [-0.05, 0) is 24.5 Å². The predicted octanol–water partition coefficient (Wildman–Crippen LogP) is 0.976. The number of benzene rings is 1. The smallest absolute Gasteiger partial charge is 0.334 e. The van der Waals surface area contributed by atoms with Gasteiger partial charge in [0, 0.05) is 10.6 Å². The van der Waals surface area contributed by atoms with E-state index in [-0.39, 0.29) is 6.54 Å². The van der Waals surface area contributed by atoms with Gasteiger partial charge in [-0.1, -0.05) is 6.07 Å². The van der Waals surface area contributed by atoms with E-state index in [9.17, 15) is 9.59 Å². The number of carbonyl (C=O) groups excluding carboxylic acids is 1. The summed E-state index contributed by atoms with van der Waals surface area (Å²) in [7, 11) is 0. The van der Waals surface area contributed by atoms with Crippen molar-refractivity contribution in [1.29, 1.82) is 0 Å². The van der Waals surface area contributed by atoms with Crippen LogP contribution >= 0.6 is 11.8 Å². The van der Waals surface area contributed by atoms with Crippen molar-refractivity contribution in [3.63, 3.8) is 0 Å². The molecular weight excluding hydrogens is 256 g/mol. The number of nitrogens with one attached hydrogen (secondary N) is 2. The van der Waals surface area contributed by atoms with Crippen LogP contribution in [0.25, 0.3) is 0 Å². The van der Waals surface area contributed by atoms with Gasteiger partial charge in [-0.2, -0.15) is 0 Å². The minimum Gasteiger partial charge on any atom is -0.479 e. The molecule has 0 bridgehead atoms. The normalized spacial score (nSPS) is 11.7. The second-order valence-electron chi connectivity index (χ2n) is 3.42. The minimum atomic E-state index is -1.60. The Kier molecular flexibility index (Phi) is 5.47. The molecule has 6 nitrogen and oxygen atoms in total. The van der Waals surface area contributed by atoms with E-state index < -0.39 is 18.1 Å². The minimum absolute atomic E-state index is 0.344. The fourth-order valence-electron chi connectivity index (χ4n) is 1.15. The molecular formula is C11H14N2O4S. The summed E-state index contributed by atoms with van der Waals surface area (Å²) in [5.74, 6) is -1.38. The van der Waals surface area contributed by atoms with Crippen molar-refractivity contribution in [2.75, 3.05) is 18.1 Å². The van der Waals surface area contributed by atoms with Crippen LogP contribution in [-0.2, 0) is 4.79 Å². The van der Waals surface area contributed by atoms with Gasteiger partial charge in [-0.25, -0.2) is 9.59 Å². The van der Waals surface area contributed by atoms with Crippen molar-refractivity contribution in [3.05, 3.63) is 24.3 Å². The van der Waals surface area contributed by atoms with E-state index in [0.29, 0.717) is 5.69 Å². The maximum Gasteiger partial charge on any atom is 0.334 e. The van der Waals surface area contributed by atoms with Crippen LogP contribution in [0, 0.1) is 0 Å². The van der Waals surface area contributed by atoms with Gasteiger partial charge in [0.15, 0.2) is 6.10 Å². The molecule has 0 heterocycles. The van der Waals surface area contributed by atoms with Gasteiger partial charge in [0.2, 0.25) is 0 Å². The number of urea groups is 1. The van der Waals surface area contributed by atoms with Crippen molar-refractivity contribution >= 4 is 29.4 Å². The molecule has 1 atom stereocenters. The summed E-state index contributed by atoms with van der Waals surface area (Å²) in [5.41, 5.74) is 0.601. The molecule has 1 aromatic carbocycles. The number of aliphatic hydroxyl groups excluding tert-OH is 1. The zero-order valence-corrected chi connectivity index (χ0v) is 10.5. The average Bonchev–Trinajstić information content (AvgIpc) is 2.36. The molecule has 7 heteroatoms. The Balaban J connectivity index is 2.46. The van der Waals surface area contributed by atoms with E-state index in [4.69, 9.17) is 10.2 Å². The van der Waals surface area contributed by atoms with Gasteiger partial charge in [0.25, 0.3) is 0 Å². The lowest BCUT2D eigenvalue weighted by molar-refractivity contribution is -0.146. The summed E-state index contributed by atoms with van der Waals surface area (Å²) in [5, 5.41) is 22.2. The first-order valence-corrected chi connectivity index (χ1v) is 6.35. The predicted molar refractivity (Wildman–Crippen MR) is 68.9 cm³/mol. The number of carboxylic acids is 1. The Hall–Kier alpha value is -1.73. The fraction of sp³-hybridized carbons (Fsp3) is 0.273. The first kappa shape index (κ1) is 14.3. The van der Waals surface area contributed by atoms with Crippen LogP contribution in [0.3, 0.4) is 0 Å². The molecule has 0 aliphatic rings. The molecule has 0 saturated heterocycles. The first-order chi connectivity index (χ1) is 8.52. The number of anilines is 1. The Morgan fingerprint density at radius 2 is 2.17 bits per heavy atom. The highest BCUT2D eigenvalue weighted by atomic mass is 32.2. The largest absolute Gasteiger partial charge is 0.479 e. The number of amides is 2. The Labute approximate surface area is 108 Å². The number of aliphatic carboxylic acids is 1. The van der Waals surface area contributed by atoms with E-state index in [1.807, 2.05) is 12.3 Å². The van der Waals surface area contributed by atoms with Crippen LogP contribution in [0.1, 0.15) is 0 Å². The van der Waals surface area contributed by atoms with E-state index in [1.54, 1.807) is 30.0 Å². The van der Waals surface area contributed by atoms with Crippen LogP contribution in [0.4, 0.5) is 10.5 Å². The van der Waals surface area contributed by atoms with Crippen LogP contribution in [0.5, 0.6) is 0 Å². The van der Waals surface area contributed by atoms with Crippen LogP contribution in [0.2, 0.25) is 0 Å². The lowest BCUT2D eigenvalue weighted by Gasteiger charge is -2.09. The molecule has 18 heavy (non-hydrogen) atoms. The van der Waals surface area contributed by atoms with Crippen molar-refractivity contribution in [3.8, 4) is 0 Å². The molecule has 0 fully saturated rings. The molecule has 0 aliphatic heterocycles. The molecule has 0 spiro atoms. The topological polar surface area (TPSA) is 98.7 Å². The average molecular weight is 270 g/mol. The van der Waals surface area contributed by atoms with Crippen molar-refractivity contribution < 1.29 is 19.8 Å². The second kappa shape index (κ2) is 6.87. The van der Waals surface area contributed by atoms with E-state index in [0.717, 1.165) is 4.90 Å². The number of rotatable bonds is 5. The van der Waals surface area contributed by atoms with Gasteiger partial charge < -0.3 is 20.8 Å². The number of aliphatic hydroxyl groups is 1. The van der Waals surface area contributed by atoms with Gasteiger partial charge in [-0.3, -0.25) is 0 Å². The Morgan fingerprint density at radius 3 is 2.78 bits per heavy atom. The number of hydrogen-bond acceptors (Lipinski definition) is 4. The molecule has 1 aromatic rings. The quantitative estimate of drug-likeness (QED) is 0.598. The third-order valence-corrected chi connectivity index (χ3v) is 2.79. The number of hydrogen-bond donors (Lipinski definition) is 4. The molecule has 98 valence electrons. The third kappa shape index (κ3) is 4.64. The van der Waals surface area contributed by atoms with Crippen LogP contribution < -0.4 is 10.6 Å². The zero-order valence-electron chi connectivity index (χ0n) is 9.71. The first-order valence-electron chi connectivity index (χ1n) is 5.12. The number of thioether (sulfide) groups is 1. The van der Waals surface area contributed by atoms with Crippen LogP contribution in [-0.4, -0.2) is 41.1 Å². The summed E-state index contributed by atoms with van der Waals surface area (Å²) < 4.78 is 0. The summed E-state index contributed by atoms with van der Waals surface area (Å²) >= 11 is 1.54. The highest BCUT2D eigenvalue weighted by Crippen LogP contribution is 2.18. The van der Waals surface area contributed by atoms with Gasteiger partial charge >= 0.3 is 12.0 Å². The monoisotopic (exact) mass is 270 g/mol. The lowest BCUT2D eigenvalue weighted by Crippen LogP contribution is -2.38. The molecule has 4 N–H and O–H groups in total. The standard InChI is InChI=1S/C11H14N2O4S/c1-18-8-4-2-3-7(5-8)13-11(17)12-6-9(14)10(15)16/h2-5,9,14H,6H2,1H3,(H,15,16)(H2,12,13,17)/t9-/m0/s1. The maximum absolute atomic E-state index is 11.4. The maximum atomic E-state index is 11.4. The fourth-order valence-corrected chi connectivity index (χ4v) is 1.61. The molecule has 0 unspecified atom stereocenters. The molecule has 0 radical (unpaired) electrons. The Morgan fingerprint density at radius 1 is 1.44 bits per heavy atom. The zero-order chi connectivity index (χ0) is 13.5. The van der Waals surface area contributed by atoms with Crippen molar-refractivity contribution in [1.82, 2.24) is 5.32 Å². The highest BCUT2D eigenvalue weighted by molar-refractivity contribution is 7.98. The van der Waals surface area contributed by atoms with E-state index in [1.165, 1.54) is 0 Å². The van der Waals surface area contributed by atoms with Crippen molar-refractivity contribution in [2.45, 2.75) is 11.0 Å².